The summed E-state index contributed by atoms with van der Waals surface area (Å²) >= 11 is 12.5. The quantitative estimate of drug-likeness (QED) is 0.162. The van der Waals surface area contributed by atoms with E-state index in [4.69, 9.17) is 27.9 Å². The third-order valence-corrected chi connectivity index (χ3v) is 9.50. The minimum absolute atomic E-state index is 0.0223. The Morgan fingerprint density at radius 3 is 2.04 bits per heavy atom. The third-order valence-electron chi connectivity index (χ3n) is 7.24. The molecule has 0 bridgehead atoms. The van der Waals surface area contributed by atoms with Gasteiger partial charge in [-0.25, -0.2) is 8.42 Å². The van der Waals surface area contributed by atoms with Gasteiger partial charge in [0, 0.05) is 29.6 Å². The van der Waals surface area contributed by atoms with Crippen molar-refractivity contribution in [1.29, 1.82) is 0 Å². The highest BCUT2D eigenvalue weighted by Crippen LogP contribution is 2.35. The molecular formula is C35H37Cl2N3O5S. The predicted octanol–water partition coefficient (Wildman–Crippen LogP) is 6.61. The smallest absolute Gasteiger partial charge is 0.264 e. The second-order valence-corrected chi connectivity index (χ2v) is 13.9. The van der Waals surface area contributed by atoms with Gasteiger partial charge in [0.05, 0.1) is 17.7 Å². The van der Waals surface area contributed by atoms with Crippen LogP contribution in [0.2, 0.25) is 10.0 Å². The van der Waals surface area contributed by atoms with Crippen molar-refractivity contribution in [3.05, 3.63) is 124 Å². The lowest BCUT2D eigenvalue weighted by atomic mass is 10.0. The highest BCUT2D eigenvalue weighted by Gasteiger charge is 2.35. The number of amides is 2. The third kappa shape index (κ3) is 9.02. The van der Waals surface area contributed by atoms with Gasteiger partial charge in [-0.05, 0) is 59.5 Å². The summed E-state index contributed by atoms with van der Waals surface area (Å²) in [6, 6.07) is 27.7. The average Bonchev–Trinajstić information content (AvgIpc) is 3.05. The number of sulfonamides is 1. The molecule has 8 nitrogen and oxygen atoms in total. The van der Waals surface area contributed by atoms with Crippen molar-refractivity contribution >= 4 is 50.7 Å². The molecule has 4 aromatic carbocycles. The number of hydrogen-bond donors (Lipinski definition) is 1. The first-order chi connectivity index (χ1) is 22.0. The number of carbonyl (C=O) groups is 2. The largest absolute Gasteiger partial charge is 0.495 e. The van der Waals surface area contributed by atoms with Gasteiger partial charge in [-0.3, -0.25) is 13.9 Å². The van der Waals surface area contributed by atoms with Crippen molar-refractivity contribution in [3.63, 3.8) is 0 Å². The van der Waals surface area contributed by atoms with Gasteiger partial charge >= 0.3 is 0 Å². The summed E-state index contributed by atoms with van der Waals surface area (Å²) in [5.74, 6) is -0.574. The zero-order valence-corrected chi connectivity index (χ0v) is 28.2. The van der Waals surface area contributed by atoms with E-state index in [2.05, 4.69) is 5.32 Å². The summed E-state index contributed by atoms with van der Waals surface area (Å²) in [6.45, 7) is 3.75. The van der Waals surface area contributed by atoms with Crippen LogP contribution in [0, 0.1) is 5.92 Å². The van der Waals surface area contributed by atoms with Crippen molar-refractivity contribution < 1.29 is 22.7 Å². The lowest BCUT2D eigenvalue weighted by Gasteiger charge is -2.34. The van der Waals surface area contributed by atoms with Gasteiger partial charge in [0.2, 0.25) is 11.8 Å². The zero-order valence-electron chi connectivity index (χ0n) is 25.9. The Morgan fingerprint density at radius 1 is 0.826 bits per heavy atom. The number of rotatable bonds is 14. The molecule has 0 aromatic heterocycles. The maximum Gasteiger partial charge on any atom is 0.264 e. The van der Waals surface area contributed by atoms with Crippen LogP contribution in [0.1, 0.15) is 25.0 Å². The zero-order chi connectivity index (χ0) is 33.3. The molecule has 2 amide bonds. The van der Waals surface area contributed by atoms with E-state index in [1.165, 1.54) is 30.2 Å². The maximum atomic E-state index is 14.6. The SMILES string of the molecule is COc1ccc(Cl)cc1N(CC(=O)N(Cc1ccc(Cl)cc1)C(Cc1ccccc1)C(=O)NCC(C)C)S(=O)(=O)c1ccccc1. The molecule has 1 unspecified atom stereocenters. The molecule has 0 aliphatic heterocycles. The van der Waals surface area contributed by atoms with Crippen LogP contribution in [-0.4, -0.2) is 51.4 Å². The van der Waals surface area contributed by atoms with Crippen LogP contribution in [0.3, 0.4) is 0 Å². The van der Waals surface area contributed by atoms with E-state index in [-0.39, 0.29) is 46.1 Å². The summed E-state index contributed by atoms with van der Waals surface area (Å²) < 4.78 is 34.9. The fourth-order valence-electron chi connectivity index (χ4n) is 4.85. The normalized spacial score (nSPS) is 12.0. The number of hydrogen-bond acceptors (Lipinski definition) is 5. The van der Waals surface area contributed by atoms with Crippen LogP contribution in [0.15, 0.2) is 108 Å². The molecule has 0 spiro atoms. The van der Waals surface area contributed by atoms with Crippen LogP contribution in [0.25, 0.3) is 0 Å². The first-order valence-electron chi connectivity index (χ1n) is 14.8. The molecule has 0 radical (unpaired) electrons. The molecule has 0 fully saturated rings. The molecule has 4 rings (SSSR count). The van der Waals surface area contributed by atoms with E-state index in [0.29, 0.717) is 17.1 Å². The molecule has 0 aliphatic rings. The Kier molecular flexibility index (Phi) is 12.1. The second kappa shape index (κ2) is 16.0. The molecule has 1 atom stereocenters. The number of carbonyl (C=O) groups excluding carboxylic acids is 2. The van der Waals surface area contributed by atoms with Gasteiger partial charge in [0.1, 0.15) is 18.3 Å². The molecule has 0 heterocycles. The van der Waals surface area contributed by atoms with E-state index >= 15 is 0 Å². The molecule has 11 heteroatoms. The van der Waals surface area contributed by atoms with E-state index in [1.54, 1.807) is 54.6 Å². The topological polar surface area (TPSA) is 96.0 Å². The number of halogens is 2. The Balaban J connectivity index is 1.83. The molecule has 1 N–H and O–H groups in total. The fraction of sp³-hybridized carbons (Fsp3) is 0.257. The highest BCUT2D eigenvalue weighted by molar-refractivity contribution is 7.92. The van der Waals surface area contributed by atoms with Crippen molar-refractivity contribution in [2.45, 2.75) is 37.8 Å². The Hall–Kier alpha value is -4.05. The number of benzene rings is 4. The molecule has 4 aromatic rings. The van der Waals surface area contributed by atoms with Crippen LogP contribution in [0.5, 0.6) is 5.75 Å². The lowest BCUT2D eigenvalue weighted by molar-refractivity contribution is -0.140. The fourth-order valence-corrected chi connectivity index (χ4v) is 6.58. The van der Waals surface area contributed by atoms with Crippen molar-refractivity contribution in [2.75, 3.05) is 24.5 Å². The Morgan fingerprint density at radius 2 is 1.43 bits per heavy atom. The van der Waals surface area contributed by atoms with Crippen LogP contribution >= 0.6 is 23.2 Å². The summed E-state index contributed by atoms with van der Waals surface area (Å²) in [7, 11) is -2.90. The number of nitrogens with one attached hydrogen (secondary N) is 1. The number of methoxy groups -OCH3 is 1. The van der Waals surface area contributed by atoms with E-state index in [1.807, 2.05) is 44.2 Å². The lowest BCUT2D eigenvalue weighted by Crippen LogP contribution is -2.53. The summed E-state index contributed by atoms with van der Waals surface area (Å²) in [5.41, 5.74) is 1.64. The Bertz CT molecular complexity index is 1720. The van der Waals surface area contributed by atoms with E-state index < -0.39 is 28.5 Å². The van der Waals surface area contributed by atoms with Gasteiger partial charge in [-0.1, -0.05) is 97.7 Å². The monoisotopic (exact) mass is 681 g/mol. The number of ether oxygens (including phenoxy) is 1. The minimum atomic E-state index is -4.31. The number of nitrogens with zero attached hydrogens (tertiary/aromatic N) is 2. The second-order valence-electron chi connectivity index (χ2n) is 11.1. The minimum Gasteiger partial charge on any atom is -0.495 e. The standard InChI is InChI=1S/C35H37Cl2N3O5S/c1-25(2)22-38-35(42)32(20-26-10-6-4-7-11-26)39(23-27-14-16-28(36)17-15-27)34(41)24-40(31-21-29(37)18-19-33(31)45-3)46(43,44)30-12-8-5-9-13-30/h4-19,21,25,32H,20,22-24H2,1-3H3,(H,38,42). The van der Waals surface area contributed by atoms with E-state index in [9.17, 15) is 18.0 Å². The first-order valence-corrected chi connectivity index (χ1v) is 17.0. The molecule has 0 saturated carbocycles. The van der Waals surface area contributed by atoms with Gasteiger partial charge in [-0.15, -0.1) is 0 Å². The first kappa shape index (κ1) is 34.8. The average molecular weight is 683 g/mol. The summed E-state index contributed by atoms with van der Waals surface area (Å²) in [6.07, 6.45) is 0.204. The van der Waals surface area contributed by atoms with Crippen molar-refractivity contribution in [1.82, 2.24) is 10.2 Å². The van der Waals surface area contributed by atoms with Crippen molar-refractivity contribution in [3.8, 4) is 5.75 Å². The molecule has 0 saturated heterocycles. The maximum absolute atomic E-state index is 14.6. The van der Waals surface area contributed by atoms with Gasteiger partial charge in [-0.2, -0.15) is 0 Å². The number of anilines is 1. The molecular weight excluding hydrogens is 645 g/mol. The summed E-state index contributed by atoms with van der Waals surface area (Å²) in [4.78, 5) is 29.8. The summed E-state index contributed by atoms with van der Waals surface area (Å²) in [5, 5.41) is 3.75. The van der Waals surface area contributed by atoms with Crippen LogP contribution < -0.4 is 14.4 Å². The molecule has 242 valence electrons. The van der Waals surface area contributed by atoms with Crippen LogP contribution in [-0.2, 0) is 32.6 Å². The molecule has 46 heavy (non-hydrogen) atoms. The van der Waals surface area contributed by atoms with Gasteiger partial charge in [0.15, 0.2) is 0 Å². The van der Waals surface area contributed by atoms with Gasteiger partial charge in [0.25, 0.3) is 10.0 Å². The van der Waals surface area contributed by atoms with Crippen molar-refractivity contribution in [2.24, 2.45) is 5.92 Å². The van der Waals surface area contributed by atoms with E-state index in [0.717, 1.165) is 9.87 Å². The van der Waals surface area contributed by atoms with Crippen LogP contribution in [0.4, 0.5) is 5.69 Å². The predicted molar refractivity (Wildman–Crippen MR) is 183 cm³/mol. The highest BCUT2D eigenvalue weighted by atomic mass is 35.5. The van der Waals surface area contributed by atoms with Gasteiger partial charge < -0.3 is 15.0 Å². The molecule has 0 aliphatic carbocycles. The Labute approximate surface area is 280 Å².